The van der Waals surface area contributed by atoms with Crippen LogP contribution in [0, 0.1) is 11.6 Å². The predicted octanol–water partition coefficient (Wildman–Crippen LogP) is 3.92. The van der Waals surface area contributed by atoms with Crippen molar-refractivity contribution in [3.8, 4) is 11.4 Å². The first-order valence-corrected chi connectivity index (χ1v) is 9.19. The van der Waals surface area contributed by atoms with Crippen molar-refractivity contribution in [3.05, 3.63) is 66.2 Å². The highest BCUT2D eigenvalue weighted by atomic mass is 19.1. The van der Waals surface area contributed by atoms with Crippen LogP contribution in [-0.4, -0.2) is 48.1 Å². The van der Waals surface area contributed by atoms with E-state index in [1.54, 1.807) is 6.07 Å². The van der Waals surface area contributed by atoms with E-state index in [1.165, 1.54) is 18.2 Å². The van der Waals surface area contributed by atoms with E-state index in [0.717, 1.165) is 37.6 Å². The zero-order valence-electron chi connectivity index (χ0n) is 15.6. The topological polar surface area (TPSA) is 44.3 Å². The number of nitrogens with zero attached hydrogens (tertiary/aromatic N) is 4. The number of rotatable bonds is 4. The molecule has 0 aliphatic carbocycles. The van der Waals surface area contributed by atoms with Gasteiger partial charge in [-0.05, 0) is 19.2 Å². The lowest BCUT2D eigenvalue weighted by Crippen LogP contribution is -2.44. The van der Waals surface area contributed by atoms with E-state index in [1.807, 2.05) is 30.3 Å². The molecule has 1 aromatic heterocycles. The second-order valence-corrected chi connectivity index (χ2v) is 6.81. The summed E-state index contributed by atoms with van der Waals surface area (Å²) in [7, 11) is 2.08. The van der Waals surface area contributed by atoms with Crippen LogP contribution in [0.1, 0.15) is 0 Å². The lowest BCUT2D eigenvalue weighted by Gasteiger charge is -2.33. The standard InChI is InChI=1S/C21H21F2N5/c1-27-10-12-28(13-11-27)19-14-18(24-20-16(22)8-5-9-17(20)23)25-21(26-19)15-6-3-2-4-7-15/h2-9,14H,10-13H2,1H3,(H,24,25,26). The van der Waals surface area contributed by atoms with Crippen molar-refractivity contribution in [2.24, 2.45) is 0 Å². The molecule has 0 saturated carbocycles. The minimum Gasteiger partial charge on any atom is -0.354 e. The van der Waals surface area contributed by atoms with Crippen LogP contribution >= 0.6 is 0 Å². The van der Waals surface area contributed by atoms with Crippen LogP contribution in [0.2, 0.25) is 0 Å². The lowest BCUT2D eigenvalue weighted by atomic mass is 10.2. The van der Waals surface area contributed by atoms with Gasteiger partial charge in [-0.1, -0.05) is 36.4 Å². The summed E-state index contributed by atoms with van der Waals surface area (Å²) >= 11 is 0. The Morgan fingerprint density at radius 3 is 2.21 bits per heavy atom. The average molecular weight is 381 g/mol. The summed E-state index contributed by atoms with van der Waals surface area (Å²) in [6, 6.07) is 15.1. The van der Waals surface area contributed by atoms with Crippen LogP contribution in [0.4, 0.5) is 26.1 Å². The van der Waals surface area contributed by atoms with Gasteiger partial charge < -0.3 is 15.1 Å². The Kier molecular flexibility index (Phi) is 5.16. The Morgan fingerprint density at radius 1 is 0.857 bits per heavy atom. The Bertz CT molecular complexity index is 936. The fourth-order valence-corrected chi connectivity index (χ4v) is 3.16. The fourth-order valence-electron chi connectivity index (χ4n) is 3.16. The summed E-state index contributed by atoms with van der Waals surface area (Å²) in [5.41, 5.74) is 0.625. The number of hydrogen-bond donors (Lipinski definition) is 1. The van der Waals surface area contributed by atoms with Crippen molar-refractivity contribution < 1.29 is 8.78 Å². The number of benzene rings is 2. The second kappa shape index (κ2) is 7.90. The van der Waals surface area contributed by atoms with E-state index < -0.39 is 11.6 Å². The molecule has 1 aliphatic rings. The van der Waals surface area contributed by atoms with Crippen molar-refractivity contribution >= 4 is 17.3 Å². The van der Waals surface area contributed by atoms with Gasteiger partial charge in [-0.15, -0.1) is 0 Å². The van der Waals surface area contributed by atoms with Crippen LogP contribution in [0.15, 0.2) is 54.6 Å². The van der Waals surface area contributed by atoms with Crippen LogP contribution in [-0.2, 0) is 0 Å². The van der Waals surface area contributed by atoms with E-state index >= 15 is 0 Å². The number of anilines is 3. The molecule has 0 spiro atoms. The van der Waals surface area contributed by atoms with Crippen molar-refractivity contribution in [3.63, 3.8) is 0 Å². The van der Waals surface area contributed by atoms with Gasteiger partial charge in [-0.25, -0.2) is 18.7 Å². The molecule has 0 bridgehead atoms. The van der Waals surface area contributed by atoms with E-state index in [0.29, 0.717) is 11.6 Å². The normalized spacial score (nSPS) is 14.9. The molecular formula is C21H21F2N5. The van der Waals surface area contributed by atoms with Crippen molar-refractivity contribution in [1.29, 1.82) is 0 Å². The first kappa shape index (κ1) is 18.3. The first-order chi connectivity index (χ1) is 13.6. The molecule has 2 aromatic carbocycles. The average Bonchev–Trinajstić information content (AvgIpc) is 2.72. The highest BCUT2D eigenvalue weighted by molar-refractivity contribution is 5.66. The largest absolute Gasteiger partial charge is 0.354 e. The molecule has 3 aromatic rings. The summed E-state index contributed by atoms with van der Waals surface area (Å²) in [5.74, 6) is 0.270. The number of para-hydroxylation sites is 1. The Labute approximate surface area is 162 Å². The van der Waals surface area contributed by atoms with Crippen molar-refractivity contribution in [2.45, 2.75) is 0 Å². The van der Waals surface area contributed by atoms with Gasteiger partial charge in [-0.3, -0.25) is 0 Å². The molecule has 1 fully saturated rings. The first-order valence-electron chi connectivity index (χ1n) is 9.19. The zero-order valence-corrected chi connectivity index (χ0v) is 15.6. The number of aromatic nitrogens is 2. The van der Waals surface area contributed by atoms with E-state index in [9.17, 15) is 8.78 Å². The van der Waals surface area contributed by atoms with Crippen molar-refractivity contribution in [2.75, 3.05) is 43.4 Å². The van der Waals surface area contributed by atoms with Gasteiger partial charge in [0.05, 0.1) is 0 Å². The zero-order chi connectivity index (χ0) is 19.5. The van der Waals surface area contributed by atoms with Crippen LogP contribution in [0.25, 0.3) is 11.4 Å². The van der Waals surface area contributed by atoms with Gasteiger partial charge in [0.15, 0.2) is 5.82 Å². The Balaban J connectivity index is 1.74. The smallest absolute Gasteiger partial charge is 0.163 e. The number of piperazine rings is 1. The Morgan fingerprint density at radius 2 is 1.54 bits per heavy atom. The number of nitrogens with one attached hydrogen (secondary N) is 1. The van der Waals surface area contributed by atoms with Gasteiger partial charge in [0.2, 0.25) is 0 Å². The highest BCUT2D eigenvalue weighted by Gasteiger charge is 2.18. The SMILES string of the molecule is CN1CCN(c2cc(Nc3c(F)cccc3F)nc(-c3ccccc3)n2)CC1. The Hall–Kier alpha value is -3.06. The third-order valence-corrected chi connectivity index (χ3v) is 4.79. The summed E-state index contributed by atoms with van der Waals surface area (Å²) in [6.07, 6.45) is 0. The van der Waals surface area contributed by atoms with Crippen molar-refractivity contribution in [1.82, 2.24) is 14.9 Å². The third kappa shape index (κ3) is 3.94. The molecular weight excluding hydrogens is 360 g/mol. The number of hydrogen-bond acceptors (Lipinski definition) is 5. The molecule has 2 heterocycles. The maximum atomic E-state index is 14.1. The second-order valence-electron chi connectivity index (χ2n) is 6.81. The van der Waals surface area contributed by atoms with Gasteiger partial charge in [0.25, 0.3) is 0 Å². The summed E-state index contributed by atoms with van der Waals surface area (Å²) < 4.78 is 28.2. The minimum absolute atomic E-state index is 0.218. The lowest BCUT2D eigenvalue weighted by molar-refractivity contribution is 0.312. The summed E-state index contributed by atoms with van der Waals surface area (Å²) in [6.45, 7) is 3.51. The molecule has 7 heteroatoms. The van der Waals surface area contributed by atoms with E-state index in [4.69, 9.17) is 4.98 Å². The van der Waals surface area contributed by atoms with Crippen LogP contribution in [0.5, 0.6) is 0 Å². The fraction of sp³-hybridized carbons (Fsp3) is 0.238. The molecule has 28 heavy (non-hydrogen) atoms. The van der Waals surface area contributed by atoms with Gasteiger partial charge in [0, 0.05) is 37.8 Å². The monoisotopic (exact) mass is 381 g/mol. The van der Waals surface area contributed by atoms with Crippen LogP contribution < -0.4 is 10.2 Å². The number of likely N-dealkylation sites (N-methyl/N-ethyl adjacent to an activating group) is 1. The molecule has 1 N–H and O–H groups in total. The molecule has 0 radical (unpaired) electrons. The van der Waals surface area contributed by atoms with E-state index in [-0.39, 0.29) is 5.69 Å². The third-order valence-electron chi connectivity index (χ3n) is 4.79. The quantitative estimate of drug-likeness (QED) is 0.742. The van der Waals surface area contributed by atoms with Gasteiger partial charge in [0.1, 0.15) is 29.0 Å². The molecule has 1 saturated heterocycles. The molecule has 0 atom stereocenters. The maximum Gasteiger partial charge on any atom is 0.163 e. The molecule has 0 unspecified atom stereocenters. The maximum absolute atomic E-state index is 14.1. The molecule has 4 rings (SSSR count). The highest BCUT2D eigenvalue weighted by Crippen LogP contribution is 2.27. The minimum atomic E-state index is -0.666. The molecule has 1 aliphatic heterocycles. The van der Waals surface area contributed by atoms with E-state index in [2.05, 4.69) is 27.1 Å². The molecule has 5 nitrogen and oxygen atoms in total. The summed E-state index contributed by atoms with van der Waals surface area (Å²) in [4.78, 5) is 13.6. The number of halogens is 2. The van der Waals surface area contributed by atoms with Crippen LogP contribution in [0.3, 0.4) is 0 Å². The molecule has 0 amide bonds. The predicted molar refractivity (Wildman–Crippen MR) is 107 cm³/mol. The van der Waals surface area contributed by atoms with Gasteiger partial charge >= 0.3 is 0 Å². The molecule has 144 valence electrons. The van der Waals surface area contributed by atoms with Gasteiger partial charge in [-0.2, -0.15) is 0 Å². The summed E-state index contributed by atoms with van der Waals surface area (Å²) in [5, 5.41) is 2.80.